The second kappa shape index (κ2) is 12.5. The molecule has 3 aromatic rings. The van der Waals surface area contributed by atoms with Crippen LogP contribution in [-0.2, 0) is 28.0 Å². The Balaban J connectivity index is 0.000000162. The van der Waals surface area contributed by atoms with Crippen molar-refractivity contribution in [1.82, 2.24) is 20.0 Å². The number of rotatable bonds is 5. The predicted octanol–water partition coefficient (Wildman–Crippen LogP) is 1.51. The number of nitrogens with zero attached hydrogens (tertiary/aromatic N) is 4. The van der Waals surface area contributed by atoms with Gasteiger partial charge in [0.05, 0.1) is 38.7 Å². The maximum atomic E-state index is 6.39. The molecular formula is C29H38N8O3. The van der Waals surface area contributed by atoms with Gasteiger partial charge in [-0.05, 0) is 60.4 Å². The first-order valence-electron chi connectivity index (χ1n) is 13.5. The van der Waals surface area contributed by atoms with Gasteiger partial charge in [-0.25, -0.2) is 9.67 Å². The fourth-order valence-electron chi connectivity index (χ4n) is 5.15. The van der Waals surface area contributed by atoms with E-state index in [1.807, 2.05) is 36.5 Å². The lowest BCUT2D eigenvalue weighted by Gasteiger charge is -2.28. The van der Waals surface area contributed by atoms with Gasteiger partial charge in [-0.3, -0.25) is 5.73 Å². The molecule has 7 N–H and O–H groups in total. The molecule has 2 atom stereocenters. The Morgan fingerprint density at radius 2 is 1.95 bits per heavy atom. The fraction of sp³-hybridized carbons (Fsp3) is 0.379. The van der Waals surface area contributed by atoms with Crippen LogP contribution in [0.15, 0.2) is 72.1 Å². The average Bonchev–Trinajstić information content (AvgIpc) is 3.43. The molecule has 6 rings (SSSR count). The number of aromatic nitrogens is 2. The second-order valence-electron chi connectivity index (χ2n) is 10.0. The van der Waals surface area contributed by atoms with Crippen molar-refractivity contribution in [3.63, 3.8) is 0 Å². The van der Waals surface area contributed by atoms with Crippen LogP contribution in [-0.4, -0.2) is 73.3 Å². The molecule has 11 heteroatoms. The van der Waals surface area contributed by atoms with Gasteiger partial charge in [0, 0.05) is 55.5 Å². The quantitative estimate of drug-likeness (QED) is 0.349. The molecule has 3 aliphatic rings. The summed E-state index contributed by atoms with van der Waals surface area (Å²) in [5.41, 5.74) is 22.2. The zero-order chi connectivity index (χ0) is 28.0. The topological polar surface area (TPSA) is 151 Å². The minimum absolute atomic E-state index is 0.236. The number of nitrogens with two attached hydrogens (primary N) is 3. The zero-order valence-electron chi connectivity index (χ0n) is 22.8. The highest BCUT2D eigenvalue weighted by Crippen LogP contribution is 2.31. The van der Waals surface area contributed by atoms with Crippen molar-refractivity contribution in [2.75, 3.05) is 52.3 Å². The summed E-state index contributed by atoms with van der Waals surface area (Å²) in [7, 11) is 1.61. The lowest BCUT2D eigenvalue weighted by atomic mass is 9.97. The van der Waals surface area contributed by atoms with Gasteiger partial charge in [0.15, 0.2) is 11.6 Å². The van der Waals surface area contributed by atoms with Crippen molar-refractivity contribution in [3.05, 3.63) is 83.8 Å². The molecule has 2 aromatic carbocycles. The van der Waals surface area contributed by atoms with E-state index < -0.39 is 5.66 Å². The molecule has 1 aromatic heterocycles. The summed E-state index contributed by atoms with van der Waals surface area (Å²) >= 11 is 0. The van der Waals surface area contributed by atoms with Crippen LogP contribution in [0.25, 0.3) is 5.69 Å². The normalized spacial score (nSPS) is 22.6. The number of guanidine groups is 1. The molecule has 212 valence electrons. The van der Waals surface area contributed by atoms with Crippen molar-refractivity contribution in [3.8, 4) is 11.4 Å². The third-order valence-electron chi connectivity index (χ3n) is 7.23. The minimum Gasteiger partial charge on any atom is -0.497 e. The van der Waals surface area contributed by atoms with E-state index >= 15 is 0 Å². The number of methoxy groups -OCH3 is 1. The zero-order valence-corrected chi connectivity index (χ0v) is 22.8. The molecule has 11 nitrogen and oxygen atoms in total. The summed E-state index contributed by atoms with van der Waals surface area (Å²) in [6.07, 6.45) is 9.37. The summed E-state index contributed by atoms with van der Waals surface area (Å²) in [5.74, 6) is 0.977. The van der Waals surface area contributed by atoms with Crippen molar-refractivity contribution < 1.29 is 14.2 Å². The number of fused-ring (bicyclic) bond motifs is 1. The SMILES string of the molecule is COc1ccc(C2(N)C=CNC(N)=N2)c(-n2cccn2)c1.Nc1ccc2c(c1)CCN(CC1COCCO1)CC2. The van der Waals surface area contributed by atoms with E-state index in [0.29, 0.717) is 5.75 Å². The summed E-state index contributed by atoms with van der Waals surface area (Å²) in [6.45, 7) is 5.35. The first-order chi connectivity index (χ1) is 19.4. The Kier molecular flexibility index (Phi) is 8.66. The lowest BCUT2D eigenvalue weighted by molar-refractivity contribution is -0.0972. The van der Waals surface area contributed by atoms with E-state index in [4.69, 9.17) is 31.4 Å². The van der Waals surface area contributed by atoms with E-state index in [0.717, 1.165) is 69.2 Å². The molecule has 40 heavy (non-hydrogen) atoms. The van der Waals surface area contributed by atoms with Gasteiger partial charge in [-0.2, -0.15) is 5.10 Å². The van der Waals surface area contributed by atoms with Gasteiger partial charge in [0.1, 0.15) is 5.75 Å². The third-order valence-corrected chi connectivity index (χ3v) is 7.23. The van der Waals surface area contributed by atoms with Crippen LogP contribution in [0.1, 0.15) is 16.7 Å². The van der Waals surface area contributed by atoms with Gasteiger partial charge in [0.2, 0.25) is 0 Å². The van der Waals surface area contributed by atoms with Crippen LogP contribution >= 0.6 is 0 Å². The molecular weight excluding hydrogens is 508 g/mol. The van der Waals surface area contributed by atoms with Gasteiger partial charge >= 0.3 is 0 Å². The summed E-state index contributed by atoms with van der Waals surface area (Å²) in [5, 5.41) is 7.06. The minimum atomic E-state index is -1.05. The summed E-state index contributed by atoms with van der Waals surface area (Å²) in [6, 6.07) is 13.7. The predicted molar refractivity (Wildman–Crippen MR) is 155 cm³/mol. The monoisotopic (exact) mass is 546 g/mol. The number of nitrogens with one attached hydrogen (secondary N) is 1. The Bertz CT molecular complexity index is 1340. The van der Waals surface area contributed by atoms with Crippen LogP contribution in [0.3, 0.4) is 0 Å². The van der Waals surface area contributed by atoms with E-state index in [1.165, 1.54) is 11.1 Å². The average molecular weight is 547 g/mol. The molecule has 0 bridgehead atoms. The van der Waals surface area contributed by atoms with E-state index in [-0.39, 0.29) is 12.1 Å². The Hall–Kier alpha value is -3.90. The Morgan fingerprint density at radius 3 is 2.67 bits per heavy atom. The third kappa shape index (κ3) is 6.62. The van der Waals surface area contributed by atoms with Crippen molar-refractivity contribution in [2.24, 2.45) is 16.5 Å². The first kappa shape index (κ1) is 27.7. The molecule has 1 saturated heterocycles. The fourth-order valence-corrected chi connectivity index (χ4v) is 5.15. The first-order valence-corrected chi connectivity index (χ1v) is 13.5. The summed E-state index contributed by atoms with van der Waals surface area (Å²) < 4.78 is 18.2. The van der Waals surface area contributed by atoms with Crippen LogP contribution in [0.4, 0.5) is 5.69 Å². The number of aliphatic imine (C=N–C) groups is 1. The van der Waals surface area contributed by atoms with Crippen LogP contribution in [0.5, 0.6) is 5.75 Å². The van der Waals surface area contributed by atoms with Gasteiger partial charge in [-0.1, -0.05) is 6.07 Å². The van der Waals surface area contributed by atoms with Crippen molar-refractivity contribution >= 4 is 11.6 Å². The molecule has 3 aliphatic heterocycles. The van der Waals surface area contributed by atoms with Crippen LogP contribution in [0.2, 0.25) is 0 Å². The maximum absolute atomic E-state index is 6.39. The van der Waals surface area contributed by atoms with Gasteiger partial charge in [-0.15, -0.1) is 0 Å². The number of benzene rings is 2. The number of nitrogen functional groups attached to an aromatic ring is 1. The van der Waals surface area contributed by atoms with E-state index in [2.05, 4.69) is 32.4 Å². The van der Waals surface area contributed by atoms with Crippen molar-refractivity contribution in [2.45, 2.75) is 24.6 Å². The Morgan fingerprint density at radius 1 is 1.10 bits per heavy atom. The molecule has 1 fully saturated rings. The largest absolute Gasteiger partial charge is 0.497 e. The molecule has 0 saturated carbocycles. The van der Waals surface area contributed by atoms with Crippen molar-refractivity contribution in [1.29, 1.82) is 0 Å². The molecule has 0 spiro atoms. The highest BCUT2D eigenvalue weighted by Gasteiger charge is 2.30. The van der Waals surface area contributed by atoms with Gasteiger partial charge < -0.3 is 35.9 Å². The number of ether oxygens (including phenoxy) is 3. The number of anilines is 1. The van der Waals surface area contributed by atoms with Gasteiger partial charge in [0.25, 0.3) is 0 Å². The number of hydrogen-bond donors (Lipinski definition) is 4. The number of hydrogen-bond acceptors (Lipinski definition) is 10. The molecule has 0 amide bonds. The van der Waals surface area contributed by atoms with Crippen LogP contribution < -0.4 is 27.3 Å². The lowest BCUT2D eigenvalue weighted by Crippen LogP contribution is -2.42. The smallest absolute Gasteiger partial charge is 0.195 e. The van der Waals surface area contributed by atoms with E-state index in [1.54, 1.807) is 30.3 Å². The standard InChI is InChI=1S/C15H22N2O2.C14H16N6O/c16-14-2-1-12-3-5-17(6-4-13(12)9-14)10-15-11-18-7-8-19-15;1-21-10-3-4-11(12(9-10)20-8-2-6-18-20)14(16)5-7-17-13(15)19-14/h1-2,9,15H,3-8,10-11,16H2;2-9H,16H2,1H3,(H3,15,17,19). The summed E-state index contributed by atoms with van der Waals surface area (Å²) in [4.78, 5) is 6.78. The molecule has 4 heterocycles. The maximum Gasteiger partial charge on any atom is 0.195 e. The molecule has 2 unspecified atom stereocenters. The highest BCUT2D eigenvalue weighted by atomic mass is 16.6. The van der Waals surface area contributed by atoms with Crippen LogP contribution in [0, 0.1) is 0 Å². The highest BCUT2D eigenvalue weighted by molar-refractivity contribution is 5.81. The Labute approximate surface area is 234 Å². The van der Waals surface area contributed by atoms with E-state index in [9.17, 15) is 0 Å². The molecule has 0 radical (unpaired) electrons. The second-order valence-corrected chi connectivity index (χ2v) is 10.0. The molecule has 0 aliphatic carbocycles.